The van der Waals surface area contributed by atoms with Crippen LogP contribution in [0.5, 0.6) is 11.5 Å². The van der Waals surface area contributed by atoms with Crippen LogP contribution >= 0.6 is 0 Å². The molecule has 0 bridgehead atoms. The molecule has 310 valence electrons. The summed E-state index contributed by atoms with van der Waals surface area (Å²) < 4.78 is 31.4. The van der Waals surface area contributed by atoms with E-state index in [4.69, 9.17) is 23.7 Å². The van der Waals surface area contributed by atoms with Crippen LogP contribution in [0.2, 0.25) is 0 Å². The number of para-hydroxylation sites is 2. The van der Waals surface area contributed by atoms with Crippen molar-refractivity contribution in [3.8, 4) is 35.2 Å². The van der Waals surface area contributed by atoms with Crippen LogP contribution in [0.25, 0.3) is 0 Å². The molecule has 0 spiro atoms. The highest BCUT2D eigenvalue weighted by molar-refractivity contribution is 5.35. The topological polar surface area (TPSA) is 52.6 Å². The summed E-state index contributed by atoms with van der Waals surface area (Å²) in [6.45, 7) is 5.84. The molecule has 6 aromatic rings. The summed E-state index contributed by atoms with van der Waals surface area (Å²) in [7, 11) is 0. The molecule has 1 heterocycles. The van der Waals surface area contributed by atoms with Crippen LogP contribution < -0.4 is 9.47 Å². The molecule has 0 aliphatic carbocycles. The van der Waals surface area contributed by atoms with E-state index in [1.54, 1.807) is 0 Å². The molecule has 0 aromatic heterocycles. The molecule has 0 unspecified atom stereocenters. The number of benzene rings is 6. The fourth-order valence-corrected chi connectivity index (χ4v) is 7.48. The quantitative estimate of drug-likeness (QED) is 0.155. The van der Waals surface area contributed by atoms with Crippen LogP contribution in [0.1, 0.15) is 45.5 Å². The van der Waals surface area contributed by atoms with Gasteiger partial charge in [0.05, 0.1) is 38.5 Å². The van der Waals surface area contributed by atoms with Crippen molar-refractivity contribution in [2.24, 2.45) is 0 Å². The van der Waals surface area contributed by atoms with E-state index in [2.05, 4.69) is 155 Å². The molecule has 2 atom stereocenters. The van der Waals surface area contributed by atoms with Crippen molar-refractivity contribution in [1.82, 2.24) is 9.80 Å². The largest absolute Gasteiger partial charge is 0.491 e. The number of nitrogens with zero attached hydrogens (tertiary/aromatic N) is 2. The van der Waals surface area contributed by atoms with Crippen molar-refractivity contribution in [2.75, 3.05) is 52.9 Å². The first-order chi connectivity index (χ1) is 30.3. The lowest BCUT2D eigenvalue weighted by Gasteiger charge is -2.32. The lowest BCUT2D eigenvalue weighted by molar-refractivity contribution is 0.0624. The predicted octanol–water partition coefficient (Wildman–Crippen LogP) is 9.70. The molecule has 7 rings (SSSR count). The zero-order chi connectivity index (χ0) is 41.6. The van der Waals surface area contributed by atoms with E-state index in [9.17, 15) is 0 Å². The van der Waals surface area contributed by atoms with Gasteiger partial charge in [0.2, 0.25) is 0 Å². The fourth-order valence-electron chi connectivity index (χ4n) is 7.48. The molecule has 7 nitrogen and oxygen atoms in total. The van der Waals surface area contributed by atoms with Gasteiger partial charge in [0.1, 0.15) is 37.9 Å². The van der Waals surface area contributed by atoms with Gasteiger partial charge in [-0.15, -0.1) is 0 Å². The minimum absolute atomic E-state index is 0.0501. The molecule has 1 aliphatic heterocycles. The van der Waals surface area contributed by atoms with Gasteiger partial charge in [-0.3, -0.25) is 9.80 Å². The summed E-state index contributed by atoms with van der Waals surface area (Å²) in [4.78, 5) is 4.89. The van der Waals surface area contributed by atoms with E-state index >= 15 is 0 Å². The number of hydrogen-bond acceptors (Lipinski definition) is 7. The number of rotatable bonds is 6. The highest BCUT2D eigenvalue weighted by Crippen LogP contribution is 2.31. The van der Waals surface area contributed by atoms with E-state index < -0.39 is 0 Å². The molecule has 0 radical (unpaired) electrons. The molecule has 61 heavy (non-hydrogen) atoms. The molecule has 0 N–H and O–H groups in total. The van der Waals surface area contributed by atoms with Crippen LogP contribution in [-0.4, -0.2) is 62.7 Å². The van der Waals surface area contributed by atoms with Crippen molar-refractivity contribution in [1.29, 1.82) is 0 Å². The van der Waals surface area contributed by atoms with Crippen molar-refractivity contribution < 1.29 is 23.7 Å². The summed E-state index contributed by atoms with van der Waals surface area (Å²) in [6, 6.07) is 58.5. The van der Waals surface area contributed by atoms with Crippen molar-refractivity contribution in [3.63, 3.8) is 0 Å². The Hall–Kier alpha value is -6.16. The third kappa shape index (κ3) is 13.7. The van der Waals surface area contributed by atoms with E-state index in [0.717, 1.165) is 35.7 Å². The number of ether oxygens (including phenoxy) is 5. The average Bonchev–Trinajstić information content (AvgIpc) is 3.31. The van der Waals surface area contributed by atoms with Crippen LogP contribution in [-0.2, 0) is 40.4 Å². The van der Waals surface area contributed by atoms with Crippen LogP contribution in [0.15, 0.2) is 170 Å². The van der Waals surface area contributed by atoms with Gasteiger partial charge >= 0.3 is 0 Å². The molecule has 0 fully saturated rings. The third-order valence-electron chi connectivity index (χ3n) is 10.5. The minimum atomic E-state index is -0.0501. The average molecular weight is 811 g/mol. The minimum Gasteiger partial charge on any atom is -0.491 e. The first-order valence-corrected chi connectivity index (χ1v) is 21.1. The smallest absolute Gasteiger partial charge is 0.123 e. The van der Waals surface area contributed by atoms with Crippen molar-refractivity contribution in [3.05, 3.63) is 203 Å². The Morgan fingerprint density at radius 3 is 1.21 bits per heavy atom. The second kappa shape index (κ2) is 24.2. The molecule has 1 aliphatic rings. The Morgan fingerprint density at radius 2 is 0.787 bits per heavy atom. The normalized spacial score (nSPS) is 17.9. The van der Waals surface area contributed by atoms with Gasteiger partial charge in [0.25, 0.3) is 0 Å². The van der Waals surface area contributed by atoms with E-state index in [-0.39, 0.29) is 25.3 Å². The molecule has 0 saturated heterocycles. The second-order valence-electron chi connectivity index (χ2n) is 14.8. The van der Waals surface area contributed by atoms with Gasteiger partial charge in [-0.2, -0.15) is 0 Å². The van der Waals surface area contributed by atoms with Gasteiger partial charge < -0.3 is 23.7 Å². The standard InChI is InChI=1S/C54H54N2O5/c1-2-20-34-59-44-52(48-27-13-6-14-28-48)56(40-46-23-9-4-10-24-46)42-50-30-16-18-32-54(50)61-38-36-57-35-37-60-53-31-17-15-29-49(53)41-55(39-45-21-7-3-8-22-45)51(43-58-33-19-1)47-25-11-5-12-26-47/h3-18,21-32,51-52H,33-44H2/t51-,52-/m0/s1. The first-order valence-electron chi connectivity index (χ1n) is 21.1. The zero-order valence-electron chi connectivity index (χ0n) is 34.7. The lowest BCUT2D eigenvalue weighted by atomic mass is 10.0. The lowest BCUT2D eigenvalue weighted by Crippen LogP contribution is -2.31. The van der Waals surface area contributed by atoms with Crippen LogP contribution in [0, 0.1) is 23.7 Å². The van der Waals surface area contributed by atoms with Crippen LogP contribution in [0.3, 0.4) is 0 Å². The Labute approximate surface area is 361 Å². The summed E-state index contributed by atoms with van der Waals surface area (Å²) in [5.74, 6) is 13.9. The monoisotopic (exact) mass is 810 g/mol. The molecule has 7 heteroatoms. The predicted molar refractivity (Wildman–Crippen MR) is 242 cm³/mol. The van der Waals surface area contributed by atoms with Gasteiger partial charge in [0.15, 0.2) is 0 Å². The second-order valence-corrected chi connectivity index (χ2v) is 14.8. The Kier molecular flexibility index (Phi) is 17.0. The van der Waals surface area contributed by atoms with Gasteiger partial charge in [-0.05, 0) is 46.2 Å². The van der Waals surface area contributed by atoms with Crippen molar-refractivity contribution in [2.45, 2.75) is 38.3 Å². The maximum atomic E-state index is 6.39. The summed E-state index contributed by atoms with van der Waals surface area (Å²) in [5.41, 5.74) is 6.94. The maximum absolute atomic E-state index is 6.39. The first kappa shape index (κ1) is 42.9. The third-order valence-corrected chi connectivity index (χ3v) is 10.5. The summed E-state index contributed by atoms with van der Waals surface area (Å²) in [6.07, 6.45) is 0. The summed E-state index contributed by atoms with van der Waals surface area (Å²) >= 11 is 0. The Morgan fingerprint density at radius 1 is 0.410 bits per heavy atom. The molecule has 6 aromatic carbocycles. The summed E-state index contributed by atoms with van der Waals surface area (Å²) in [5, 5.41) is 0. The van der Waals surface area contributed by atoms with Gasteiger partial charge in [0, 0.05) is 37.3 Å². The fraction of sp³-hybridized carbons (Fsp3) is 0.259. The molecule has 0 amide bonds. The highest BCUT2D eigenvalue weighted by atomic mass is 16.5. The zero-order valence-corrected chi connectivity index (χ0v) is 34.7. The highest BCUT2D eigenvalue weighted by Gasteiger charge is 2.24. The molecular weight excluding hydrogens is 757 g/mol. The Bertz CT molecular complexity index is 2140. The number of hydrogen-bond donors (Lipinski definition) is 0. The molecular formula is C54H54N2O5. The van der Waals surface area contributed by atoms with E-state index in [1.807, 2.05) is 48.5 Å². The SMILES string of the molecule is C1#CCOC[C@@H](c2ccccc2)N(Cc2ccccc2)Cc2ccccc2OCCOCCOc2ccccc2CN(Cc2ccccc2)[C@H](c2ccccc2)COCC#C1. The number of fused-ring (bicyclic) bond motifs is 2. The molecule has 0 saturated carbocycles. The van der Waals surface area contributed by atoms with E-state index in [1.165, 1.54) is 22.3 Å². The van der Waals surface area contributed by atoms with E-state index in [0.29, 0.717) is 52.7 Å². The van der Waals surface area contributed by atoms with Gasteiger partial charge in [-0.25, -0.2) is 0 Å². The Balaban J connectivity index is 1.13. The maximum Gasteiger partial charge on any atom is 0.123 e. The van der Waals surface area contributed by atoms with Crippen molar-refractivity contribution >= 4 is 0 Å². The van der Waals surface area contributed by atoms with Gasteiger partial charge in [-0.1, -0.05) is 170 Å². The van der Waals surface area contributed by atoms with Crippen LogP contribution in [0.4, 0.5) is 0 Å².